The molecular weight excluding hydrogens is 338 g/mol. The SMILES string of the molecule is COc1ccc(CC(=O)N2CCC3(CC2)NC(=O)N(C)C3=O)cc1OC. The fourth-order valence-corrected chi connectivity index (χ4v) is 3.51. The number of rotatable bonds is 4. The molecule has 2 saturated heterocycles. The highest BCUT2D eigenvalue weighted by atomic mass is 16.5. The monoisotopic (exact) mass is 361 g/mol. The molecule has 3 rings (SSSR count). The molecular formula is C18H23N3O5. The summed E-state index contributed by atoms with van der Waals surface area (Å²) in [4.78, 5) is 39.5. The fraction of sp³-hybridized carbons (Fsp3) is 0.500. The molecule has 140 valence electrons. The zero-order valence-electron chi connectivity index (χ0n) is 15.2. The number of hydrogen-bond acceptors (Lipinski definition) is 5. The average molecular weight is 361 g/mol. The number of hydrogen-bond donors (Lipinski definition) is 1. The van der Waals surface area contributed by atoms with Crippen LogP contribution in [-0.2, 0) is 16.0 Å². The standard InChI is InChI=1S/C18H23N3O5/c1-20-16(23)18(19-17(20)24)6-8-21(9-7-18)15(22)11-12-4-5-13(25-2)14(10-12)26-3/h4-5,10H,6-9,11H2,1-3H3,(H,19,24). The summed E-state index contributed by atoms with van der Waals surface area (Å²) in [7, 11) is 4.59. The molecule has 2 heterocycles. The van der Waals surface area contributed by atoms with Crippen molar-refractivity contribution in [1.29, 1.82) is 0 Å². The molecule has 1 spiro atoms. The topological polar surface area (TPSA) is 88.2 Å². The van der Waals surface area contributed by atoms with Crippen molar-refractivity contribution >= 4 is 17.8 Å². The zero-order valence-corrected chi connectivity index (χ0v) is 15.2. The Labute approximate surface area is 152 Å². The zero-order chi connectivity index (χ0) is 18.9. The Morgan fingerprint density at radius 3 is 2.35 bits per heavy atom. The van der Waals surface area contributed by atoms with E-state index >= 15 is 0 Å². The van der Waals surface area contributed by atoms with Crippen LogP contribution in [0.4, 0.5) is 4.79 Å². The van der Waals surface area contributed by atoms with Gasteiger partial charge in [-0.3, -0.25) is 14.5 Å². The summed E-state index contributed by atoms with van der Waals surface area (Å²) in [6, 6.07) is 5.02. The number of nitrogens with zero attached hydrogens (tertiary/aromatic N) is 2. The maximum Gasteiger partial charge on any atom is 0.324 e. The molecule has 0 radical (unpaired) electrons. The van der Waals surface area contributed by atoms with Crippen LogP contribution >= 0.6 is 0 Å². The third-order valence-electron chi connectivity index (χ3n) is 5.14. The van der Waals surface area contributed by atoms with Gasteiger partial charge >= 0.3 is 6.03 Å². The van der Waals surface area contributed by atoms with Crippen molar-refractivity contribution in [2.75, 3.05) is 34.4 Å². The minimum atomic E-state index is -0.855. The van der Waals surface area contributed by atoms with Crippen LogP contribution in [0.2, 0.25) is 0 Å². The first-order chi connectivity index (χ1) is 12.4. The lowest BCUT2D eigenvalue weighted by Crippen LogP contribution is -2.56. The smallest absolute Gasteiger partial charge is 0.324 e. The van der Waals surface area contributed by atoms with Crippen molar-refractivity contribution in [3.8, 4) is 11.5 Å². The van der Waals surface area contributed by atoms with E-state index in [0.717, 1.165) is 10.5 Å². The number of carbonyl (C=O) groups excluding carboxylic acids is 3. The number of likely N-dealkylation sites (tertiary alicyclic amines) is 1. The number of carbonyl (C=O) groups is 3. The van der Waals surface area contributed by atoms with Crippen LogP contribution in [0, 0.1) is 0 Å². The van der Waals surface area contributed by atoms with Crippen molar-refractivity contribution in [3.05, 3.63) is 23.8 Å². The van der Waals surface area contributed by atoms with E-state index in [1.165, 1.54) is 7.05 Å². The molecule has 1 N–H and O–H groups in total. The minimum Gasteiger partial charge on any atom is -0.493 e. The van der Waals surface area contributed by atoms with Crippen LogP contribution < -0.4 is 14.8 Å². The highest BCUT2D eigenvalue weighted by Crippen LogP contribution is 2.30. The fourth-order valence-electron chi connectivity index (χ4n) is 3.51. The van der Waals surface area contributed by atoms with Gasteiger partial charge in [0.2, 0.25) is 5.91 Å². The summed E-state index contributed by atoms with van der Waals surface area (Å²) in [5.41, 5.74) is -0.0238. The van der Waals surface area contributed by atoms with Gasteiger partial charge in [0.05, 0.1) is 20.6 Å². The Morgan fingerprint density at radius 2 is 1.81 bits per heavy atom. The minimum absolute atomic E-state index is 0.0165. The van der Waals surface area contributed by atoms with E-state index in [0.29, 0.717) is 37.4 Å². The second-order valence-electron chi connectivity index (χ2n) is 6.62. The van der Waals surface area contributed by atoms with E-state index in [2.05, 4.69) is 5.32 Å². The lowest BCUT2D eigenvalue weighted by atomic mass is 9.87. The van der Waals surface area contributed by atoms with E-state index in [4.69, 9.17) is 9.47 Å². The average Bonchev–Trinajstić information content (AvgIpc) is 2.86. The van der Waals surface area contributed by atoms with Gasteiger partial charge in [-0.2, -0.15) is 0 Å². The van der Waals surface area contributed by atoms with Crippen LogP contribution in [0.3, 0.4) is 0 Å². The van der Waals surface area contributed by atoms with Crippen LogP contribution in [0.5, 0.6) is 11.5 Å². The van der Waals surface area contributed by atoms with Gasteiger partial charge in [0.15, 0.2) is 11.5 Å². The number of ether oxygens (including phenoxy) is 2. The largest absolute Gasteiger partial charge is 0.493 e. The number of piperidine rings is 1. The van der Waals surface area contributed by atoms with Crippen LogP contribution in [0.1, 0.15) is 18.4 Å². The highest BCUT2D eigenvalue weighted by molar-refractivity contribution is 6.06. The molecule has 4 amide bonds. The predicted molar refractivity (Wildman–Crippen MR) is 93.1 cm³/mol. The number of urea groups is 1. The predicted octanol–water partition coefficient (Wildman–Crippen LogP) is 0.789. The molecule has 0 aromatic heterocycles. The van der Waals surface area contributed by atoms with E-state index in [9.17, 15) is 14.4 Å². The summed E-state index contributed by atoms with van der Waals surface area (Å²) in [6.45, 7) is 0.873. The Hall–Kier alpha value is -2.77. The Bertz CT molecular complexity index is 740. The summed E-state index contributed by atoms with van der Waals surface area (Å²) < 4.78 is 10.5. The Balaban J connectivity index is 1.63. The van der Waals surface area contributed by atoms with Crippen molar-refractivity contribution in [1.82, 2.24) is 15.1 Å². The first-order valence-corrected chi connectivity index (χ1v) is 8.49. The number of benzene rings is 1. The van der Waals surface area contributed by atoms with Crippen molar-refractivity contribution in [2.24, 2.45) is 0 Å². The normalized spacial score (nSPS) is 18.9. The molecule has 2 fully saturated rings. The number of likely N-dealkylation sites (N-methyl/N-ethyl adjacent to an activating group) is 1. The first kappa shape index (κ1) is 18.0. The molecule has 2 aliphatic rings. The first-order valence-electron chi connectivity index (χ1n) is 8.49. The number of amides is 4. The lowest BCUT2D eigenvalue weighted by molar-refractivity contribution is -0.137. The van der Waals surface area contributed by atoms with Gasteiger partial charge in [0, 0.05) is 20.1 Å². The summed E-state index contributed by atoms with van der Waals surface area (Å²) in [5.74, 6) is 0.965. The third kappa shape index (κ3) is 3.07. The summed E-state index contributed by atoms with van der Waals surface area (Å²) in [5, 5.41) is 2.77. The van der Waals surface area contributed by atoms with Crippen molar-refractivity contribution < 1.29 is 23.9 Å². The maximum atomic E-state index is 12.6. The number of nitrogens with one attached hydrogen (secondary N) is 1. The Kier molecular flexibility index (Phi) is 4.76. The van der Waals surface area contributed by atoms with Crippen molar-refractivity contribution in [3.63, 3.8) is 0 Å². The number of imide groups is 1. The van der Waals surface area contributed by atoms with Gasteiger partial charge in [-0.15, -0.1) is 0 Å². The molecule has 0 saturated carbocycles. The van der Waals surface area contributed by atoms with Gasteiger partial charge in [0.1, 0.15) is 5.54 Å². The van der Waals surface area contributed by atoms with Crippen LogP contribution in [0.25, 0.3) is 0 Å². The quantitative estimate of drug-likeness (QED) is 0.801. The molecule has 26 heavy (non-hydrogen) atoms. The molecule has 8 nitrogen and oxygen atoms in total. The van der Waals surface area contributed by atoms with E-state index in [-0.39, 0.29) is 24.3 Å². The molecule has 2 aliphatic heterocycles. The third-order valence-corrected chi connectivity index (χ3v) is 5.14. The molecule has 0 bridgehead atoms. The van der Waals surface area contributed by atoms with Gasteiger partial charge in [-0.1, -0.05) is 6.07 Å². The summed E-state index contributed by atoms with van der Waals surface area (Å²) in [6.07, 6.45) is 1.10. The molecule has 0 unspecified atom stereocenters. The van der Waals surface area contributed by atoms with Gasteiger partial charge in [-0.05, 0) is 30.5 Å². The van der Waals surface area contributed by atoms with E-state index < -0.39 is 5.54 Å². The van der Waals surface area contributed by atoms with E-state index in [1.807, 2.05) is 6.07 Å². The van der Waals surface area contributed by atoms with E-state index in [1.54, 1.807) is 31.3 Å². The van der Waals surface area contributed by atoms with Gasteiger partial charge in [-0.25, -0.2) is 4.79 Å². The van der Waals surface area contributed by atoms with Gasteiger partial charge in [0.25, 0.3) is 5.91 Å². The highest BCUT2D eigenvalue weighted by Gasteiger charge is 2.51. The second-order valence-corrected chi connectivity index (χ2v) is 6.62. The molecule has 1 aromatic carbocycles. The second kappa shape index (κ2) is 6.86. The molecule has 1 aromatic rings. The number of methoxy groups -OCH3 is 2. The molecule has 0 atom stereocenters. The lowest BCUT2D eigenvalue weighted by Gasteiger charge is -2.37. The van der Waals surface area contributed by atoms with Crippen molar-refractivity contribution in [2.45, 2.75) is 24.8 Å². The Morgan fingerprint density at radius 1 is 1.15 bits per heavy atom. The molecule has 8 heteroatoms. The van der Waals surface area contributed by atoms with Crippen LogP contribution in [0.15, 0.2) is 18.2 Å². The van der Waals surface area contributed by atoms with Crippen LogP contribution in [-0.4, -0.2) is 67.5 Å². The molecule has 0 aliphatic carbocycles. The maximum absolute atomic E-state index is 12.6. The summed E-state index contributed by atoms with van der Waals surface area (Å²) >= 11 is 0. The van der Waals surface area contributed by atoms with Gasteiger partial charge < -0.3 is 19.7 Å².